The van der Waals surface area contributed by atoms with E-state index in [4.69, 9.17) is 0 Å². The van der Waals surface area contributed by atoms with Gasteiger partial charge in [0, 0.05) is 29.9 Å². The predicted molar refractivity (Wildman–Crippen MR) is 75.9 cm³/mol. The molecule has 0 saturated heterocycles. The van der Waals surface area contributed by atoms with Crippen molar-refractivity contribution in [3.05, 3.63) is 15.6 Å². The topological polar surface area (TPSA) is 54.0 Å². The van der Waals surface area contributed by atoms with E-state index in [1.54, 1.807) is 11.3 Å². The zero-order valence-corrected chi connectivity index (χ0v) is 12.6. The van der Waals surface area contributed by atoms with E-state index in [9.17, 15) is 4.79 Å². The maximum Gasteiger partial charge on any atom is 0.222 e. The third-order valence-electron chi connectivity index (χ3n) is 2.75. The van der Waals surface area contributed by atoms with Gasteiger partial charge in [0.15, 0.2) is 0 Å². The van der Waals surface area contributed by atoms with Crippen molar-refractivity contribution in [1.82, 2.24) is 15.6 Å². The molecule has 0 bridgehead atoms. The van der Waals surface area contributed by atoms with E-state index < -0.39 is 0 Å². The van der Waals surface area contributed by atoms with Crippen LogP contribution in [0.3, 0.4) is 0 Å². The number of aromatic nitrogens is 1. The van der Waals surface area contributed by atoms with Crippen LogP contribution in [0.5, 0.6) is 0 Å². The monoisotopic (exact) mass is 269 g/mol. The van der Waals surface area contributed by atoms with Gasteiger partial charge in [0.25, 0.3) is 0 Å². The molecule has 0 aromatic carbocycles. The first-order chi connectivity index (χ1) is 8.41. The maximum absolute atomic E-state index is 11.4. The minimum atomic E-state index is 0.0471. The molecule has 1 atom stereocenters. The van der Waals surface area contributed by atoms with Crippen molar-refractivity contribution in [1.29, 1.82) is 0 Å². The molecule has 2 N–H and O–H groups in total. The van der Waals surface area contributed by atoms with E-state index in [0.717, 1.165) is 17.2 Å². The molecule has 1 heterocycles. The molecular weight excluding hydrogens is 246 g/mol. The van der Waals surface area contributed by atoms with Crippen molar-refractivity contribution < 1.29 is 4.79 Å². The van der Waals surface area contributed by atoms with Crippen molar-refractivity contribution in [3.63, 3.8) is 0 Å². The van der Waals surface area contributed by atoms with E-state index in [2.05, 4.69) is 29.5 Å². The second kappa shape index (κ2) is 6.85. The molecular formula is C13H23N3OS. The van der Waals surface area contributed by atoms with Crippen LogP contribution >= 0.6 is 11.3 Å². The summed E-state index contributed by atoms with van der Waals surface area (Å²) in [5.74, 6) is 0.149. The third kappa shape index (κ3) is 4.38. The van der Waals surface area contributed by atoms with Crippen LogP contribution in [0.4, 0.5) is 0 Å². The van der Waals surface area contributed by atoms with E-state index in [1.807, 2.05) is 20.8 Å². The molecule has 0 fully saturated rings. The lowest BCUT2D eigenvalue weighted by Crippen LogP contribution is -2.35. The summed E-state index contributed by atoms with van der Waals surface area (Å²) in [5, 5.41) is 7.37. The van der Waals surface area contributed by atoms with E-state index in [-0.39, 0.29) is 17.9 Å². The smallest absolute Gasteiger partial charge is 0.222 e. The quantitative estimate of drug-likeness (QED) is 0.778. The second-order valence-electron chi connectivity index (χ2n) is 4.80. The average molecular weight is 269 g/mol. The van der Waals surface area contributed by atoms with Gasteiger partial charge >= 0.3 is 0 Å². The lowest BCUT2D eigenvalue weighted by atomic mass is 10.2. The van der Waals surface area contributed by atoms with Crippen LogP contribution in [0, 0.1) is 19.8 Å². The van der Waals surface area contributed by atoms with Gasteiger partial charge in [0.05, 0.1) is 10.7 Å². The normalized spacial score (nSPS) is 12.8. The Bertz CT molecular complexity index is 401. The van der Waals surface area contributed by atoms with Crippen LogP contribution in [-0.4, -0.2) is 24.0 Å². The van der Waals surface area contributed by atoms with Gasteiger partial charge in [-0.1, -0.05) is 13.8 Å². The molecule has 5 heteroatoms. The van der Waals surface area contributed by atoms with Crippen LogP contribution in [0.25, 0.3) is 0 Å². The molecule has 1 amide bonds. The zero-order valence-electron chi connectivity index (χ0n) is 11.8. The van der Waals surface area contributed by atoms with E-state index >= 15 is 0 Å². The Morgan fingerprint density at radius 2 is 1.94 bits per heavy atom. The number of thiazole rings is 1. The largest absolute Gasteiger partial charge is 0.355 e. The first-order valence-electron chi connectivity index (χ1n) is 6.36. The molecule has 4 nitrogen and oxygen atoms in total. The standard InChI is InChI=1S/C13H23N3OS/c1-8(2)13(17)15-7-6-14-9(3)12-10(4)18-11(5)16-12/h8-9,14H,6-7H2,1-5H3,(H,15,17). The minimum absolute atomic E-state index is 0.0471. The fourth-order valence-corrected chi connectivity index (χ4v) is 2.64. The molecule has 0 aliphatic carbocycles. The van der Waals surface area contributed by atoms with Crippen LogP contribution in [-0.2, 0) is 4.79 Å². The summed E-state index contributed by atoms with van der Waals surface area (Å²) < 4.78 is 0. The van der Waals surface area contributed by atoms with Crippen molar-refractivity contribution in [2.24, 2.45) is 5.92 Å². The number of nitrogens with zero attached hydrogens (tertiary/aromatic N) is 1. The molecule has 0 aliphatic heterocycles. The van der Waals surface area contributed by atoms with Crippen LogP contribution in [0.2, 0.25) is 0 Å². The Morgan fingerprint density at radius 3 is 2.44 bits per heavy atom. The van der Waals surface area contributed by atoms with Crippen molar-refractivity contribution in [2.75, 3.05) is 13.1 Å². The lowest BCUT2D eigenvalue weighted by molar-refractivity contribution is -0.123. The summed E-state index contributed by atoms with van der Waals surface area (Å²) in [4.78, 5) is 17.1. The van der Waals surface area contributed by atoms with Crippen molar-refractivity contribution >= 4 is 17.2 Å². The summed E-state index contributed by atoms with van der Waals surface area (Å²) in [6, 6.07) is 0.228. The van der Waals surface area contributed by atoms with Gasteiger partial charge in [-0.15, -0.1) is 11.3 Å². The molecule has 1 aromatic rings. The van der Waals surface area contributed by atoms with Crippen LogP contribution in [0.15, 0.2) is 0 Å². The number of hydrogen-bond donors (Lipinski definition) is 2. The predicted octanol–water partition coefficient (Wildman–Crippen LogP) is 2.18. The first-order valence-corrected chi connectivity index (χ1v) is 7.18. The number of carbonyl (C=O) groups is 1. The summed E-state index contributed by atoms with van der Waals surface area (Å²) in [7, 11) is 0. The van der Waals surface area contributed by atoms with Crippen LogP contribution in [0.1, 0.15) is 42.4 Å². The Balaban J connectivity index is 2.32. The molecule has 0 saturated carbocycles. The minimum Gasteiger partial charge on any atom is -0.355 e. The van der Waals surface area contributed by atoms with Gasteiger partial charge in [-0.25, -0.2) is 4.98 Å². The highest BCUT2D eigenvalue weighted by atomic mass is 32.1. The zero-order chi connectivity index (χ0) is 13.7. The number of nitrogens with one attached hydrogen (secondary N) is 2. The Morgan fingerprint density at radius 1 is 1.28 bits per heavy atom. The molecule has 1 aromatic heterocycles. The third-order valence-corrected chi connectivity index (χ3v) is 3.65. The highest BCUT2D eigenvalue weighted by molar-refractivity contribution is 7.11. The summed E-state index contributed by atoms with van der Waals surface area (Å²) in [6.07, 6.45) is 0. The molecule has 18 heavy (non-hydrogen) atoms. The Hall–Kier alpha value is -0.940. The summed E-state index contributed by atoms with van der Waals surface area (Å²) >= 11 is 1.72. The van der Waals surface area contributed by atoms with Gasteiger partial charge < -0.3 is 10.6 Å². The Kier molecular flexibility index (Phi) is 5.75. The van der Waals surface area contributed by atoms with Gasteiger partial charge in [-0.3, -0.25) is 4.79 Å². The average Bonchev–Trinajstić information content (AvgIpc) is 2.63. The number of amides is 1. The molecule has 0 radical (unpaired) electrons. The molecule has 0 aliphatic rings. The number of hydrogen-bond acceptors (Lipinski definition) is 4. The maximum atomic E-state index is 11.4. The second-order valence-corrected chi connectivity index (χ2v) is 6.20. The van der Waals surface area contributed by atoms with Gasteiger partial charge in [0.2, 0.25) is 5.91 Å². The van der Waals surface area contributed by atoms with Gasteiger partial charge in [-0.2, -0.15) is 0 Å². The van der Waals surface area contributed by atoms with Gasteiger partial charge in [0.1, 0.15) is 0 Å². The molecule has 1 unspecified atom stereocenters. The number of rotatable bonds is 6. The van der Waals surface area contributed by atoms with E-state index in [1.165, 1.54) is 4.88 Å². The highest BCUT2D eigenvalue weighted by Crippen LogP contribution is 2.21. The summed E-state index contributed by atoms with van der Waals surface area (Å²) in [5.41, 5.74) is 1.12. The molecule has 0 spiro atoms. The van der Waals surface area contributed by atoms with Crippen molar-refractivity contribution in [3.8, 4) is 0 Å². The molecule has 102 valence electrons. The molecule has 1 rings (SSSR count). The summed E-state index contributed by atoms with van der Waals surface area (Å²) in [6.45, 7) is 11.4. The highest BCUT2D eigenvalue weighted by Gasteiger charge is 2.12. The number of carbonyl (C=O) groups excluding carboxylic acids is 1. The lowest BCUT2D eigenvalue weighted by Gasteiger charge is -2.13. The van der Waals surface area contributed by atoms with Crippen molar-refractivity contribution in [2.45, 2.75) is 40.7 Å². The first kappa shape index (κ1) is 15.1. The number of aryl methyl sites for hydroxylation is 2. The SMILES string of the molecule is Cc1nc(C(C)NCCNC(=O)C(C)C)c(C)s1. The fourth-order valence-electron chi connectivity index (χ4n) is 1.72. The van der Waals surface area contributed by atoms with Crippen LogP contribution < -0.4 is 10.6 Å². The van der Waals surface area contributed by atoms with E-state index in [0.29, 0.717) is 6.54 Å². The fraction of sp³-hybridized carbons (Fsp3) is 0.692. The Labute approximate surface area is 113 Å². The van der Waals surface area contributed by atoms with Gasteiger partial charge in [-0.05, 0) is 20.8 Å².